The first kappa shape index (κ1) is 12.4. The van der Waals surface area contributed by atoms with Crippen molar-refractivity contribution in [1.82, 2.24) is 15.1 Å². The van der Waals surface area contributed by atoms with Crippen LogP contribution in [-0.4, -0.2) is 36.0 Å². The summed E-state index contributed by atoms with van der Waals surface area (Å²) in [7, 11) is 1.95. The average molecular weight is 257 g/mol. The lowest BCUT2D eigenvalue weighted by atomic mass is 10.2. The zero-order chi connectivity index (χ0) is 12.4. The fraction of sp³-hybridized carbons (Fsp3) is 0.636. The summed E-state index contributed by atoms with van der Waals surface area (Å²) in [5.74, 6) is 0. The van der Waals surface area contributed by atoms with E-state index in [9.17, 15) is 4.79 Å². The summed E-state index contributed by atoms with van der Waals surface area (Å²) in [4.78, 5) is 13.9. The van der Waals surface area contributed by atoms with Gasteiger partial charge in [-0.1, -0.05) is 11.6 Å². The van der Waals surface area contributed by atoms with Crippen molar-refractivity contribution in [2.45, 2.75) is 25.9 Å². The molecule has 1 N–H and O–H groups in total. The van der Waals surface area contributed by atoms with Crippen molar-refractivity contribution in [2.24, 2.45) is 0 Å². The number of aromatic nitrogens is 2. The fourth-order valence-corrected chi connectivity index (χ4v) is 2.37. The van der Waals surface area contributed by atoms with Crippen molar-refractivity contribution in [1.29, 1.82) is 0 Å². The summed E-state index contributed by atoms with van der Waals surface area (Å²) >= 11 is 6.12. The molecule has 0 radical (unpaired) electrons. The molecule has 1 saturated heterocycles. The van der Waals surface area contributed by atoms with Crippen molar-refractivity contribution in [3.8, 4) is 0 Å². The predicted molar refractivity (Wildman–Crippen MR) is 68.9 cm³/mol. The van der Waals surface area contributed by atoms with Crippen LogP contribution in [0.3, 0.4) is 0 Å². The number of likely N-dealkylation sites (N-methyl/N-ethyl adjacent to an activating group) is 1. The monoisotopic (exact) mass is 256 g/mol. The minimum Gasteiger partial charge on any atom is -0.368 e. The van der Waals surface area contributed by atoms with Crippen LogP contribution in [0.25, 0.3) is 0 Å². The van der Waals surface area contributed by atoms with E-state index >= 15 is 0 Å². The Bertz CT molecular complexity index is 453. The number of anilines is 1. The van der Waals surface area contributed by atoms with Gasteiger partial charge in [-0.3, -0.25) is 4.79 Å². The van der Waals surface area contributed by atoms with Crippen LogP contribution in [0.5, 0.6) is 0 Å². The van der Waals surface area contributed by atoms with Gasteiger partial charge in [0.2, 0.25) is 0 Å². The SMILES string of the molecule is CCn1ncc(N(C)C2CCNC2)c(Cl)c1=O. The summed E-state index contributed by atoms with van der Waals surface area (Å²) in [6.07, 6.45) is 2.73. The molecule has 0 spiro atoms. The van der Waals surface area contributed by atoms with Gasteiger partial charge in [0.1, 0.15) is 5.02 Å². The molecular weight excluding hydrogens is 240 g/mol. The van der Waals surface area contributed by atoms with Crippen molar-refractivity contribution in [2.75, 3.05) is 25.0 Å². The van der Waals surface area contributed by atoms with Crippen molar-refractivity contribution in [3.05, 3.63) is 21.6 Å². The molecule has 1 aromatic heterocycles. The summed E-state index contributed by atoms with van der Waals surface area (Å²) in [6.45, 7) is 4.33. The van der Waals surface area contributed by atoms with Crippen molar-refractivity contribution < 1.29 is 0 Å². The first-order valence-corrected chi connectivity index (χ1v) is 6.22. The van der Waals surface area contributed by atoms with E-state index in [2.05, 4.69) is 10.4 Å². The van der Waals surface area contributed by atoms with Crippen LogP contribution in [0.1, 0.15) is 13.3 Å². The first-order valence-electron chi connectivity index (χ1n) is 5.84. The molecule has 6 heteroatoms. The molecule has 5 nitrogen and oxygen atoms in total. The summed E-state index contributed by atoms with van der Waals surface area (Å²) in [5.41, 5.74) is 0.500. The zero-order valence-corrected chi connectivity index (χ0v) is 10.9. The van der Waals surface area contributed by atoms with Gasteiger partial charge in [0, 0.05) is 26.2 Å². The Labute approximate surface area is 105 Å². The third-order valence-corrected chi connectivity index (χ3v) is 3.58. The topological polar surface area (TPSA) is 50.2 Å². The highest BCUT2D eigenvalue weighted by molar-refractivity contribution is 6.33. The Morgan fingerprint density at radius 3 is 3.06 bits per heavy atom. The van der Waals surface area contributed by atoms with Gasteiger partial charge in [-0.15, -0.1) is 0 Å². The molecule has 0 saturated carbocycles. The molecule has 17 heavy (non-hydrogen) atoms. The highest BCUT2D eigenvalue weighted by atomic mass is 35.5. The second kappa shape index (κ2) is 5.06. The van der Waals surface area contributed by atoms with Gasteiger partial charge in [0.05, 0.1) is 11.9 Å². The van der Waals surface area contributed by atoms with Gasteiger partial charge in [0.15, 0.2) is 0 Å². The van der Waals surface area contributed by atoms with Gasteiger partial charge in [-0.2, -0.15) is 5.10 Å². The van der Waals surface area contributed by atoms with E-state index in [-0.39, 0.29) is 10.6 Å². The minimum atomic E-state index is -0.218. The number of hydrogen-bond donors (Lipinski definition) is 1. The largest absolute Gasteiger partial charge is 0.368 e. The number of halogens is 1. The van der Waals surface area contributed by atoms with Crippen LogP contribution < -0.4 is 15.8 Å². The van der Waals surface area contributed by atoms with Crippen LogP contribution in [0.4, 0.5) is 5.69 Å². The van der Waals surface area contributed by atoms with E-state index in [0.29, 0.717) is 12.6 Å². The molecule has 94 valence electrons. The van der Waals surface area contributed by atoms with Gasteiger partial charge < -0.3 is 10.2 Å². The average Bonchev–Trinajstić information content (AvgIpc) is 2.85. The van der Waals surface area contributed by atoms with E-state index < -0.39 is 0 Å². The quantitative estimate of drug-likeness (QED) is 0.866. The predicted octanol–water partition coefficient (Wildman–Crippen LogP) is 0.715. The lowest BCUT2D eigenvalue weighted by Crippen LogP contribution is -2.35. The number of rotatable bonds is 3. The Morgan fingerprint density at radius 2 is 2.47 bits per heavy atom. The Hall–Kier alpha value is -1.07. The second-order valence-electron chi connectivity index (χ2n) is 4.22. The Kier molecular flexibility index (Phi) is 3.69. The molecule has 1 aliphatic heterocycles. The summed E-state index contributed by atoms with van der Waals surface area (Å²) < 4.78 is 1.37. The van der Waals surface area contributed by atoms with Crippen LogP contribution in [0.15, 0.2) is 11.0 Å². The van der Waals surface area contributed by atoms with Crippen LogP contribution in [0.2, 0.25) is 5.02 Å². The lowest BCUT2D eigenvalue weighted by molar-refractivity contribution is 0.609. The Balaban J connectivity index is 2.32. The number of nitrogens with one attached hydrogen (secondary N) is 1. The molecule has 0 bridgehead atoms. The maximum absolute atomic E-state index is 11.9. The van der Waals surface area contributed by atoms with E-state index in [0.717, 1.165) is 25.2 Å². The van der Waals surface area contributed by atoms with Crippen LogP contribution >= 0.6 is 11.6 Å². The summed E-state index contributed by atoms with van der Waals surface area (Å²) in [6, 6.07) is 0.381. The highest BCUT2D eigenvalue weighted by Gasteiger charge is 2.22. The molecule has 1 unspecified atom stereocenters. The molecule has 1 aromatic rings. The molecule has 0 aromatic carbocycles. The fourth-order valence-electron chi connectivity index (χ4n) is 2.09. The maximum atomic E-state index is 11.9. The maximum Gasteiger partial charge on any atom is 0.287 e. The zero-order valence-electron chi connectivity index (χ0n) is 10.1. The standard InChI is InChI=1S/C11H17ClN4O/c1-3-16-11(17)10(12)9(7-14-16)15(2)8-4-5-13-6-8/h7-8,13H,3-6H2,1-2H3. The minimum absolute atomic E-state index is 0.218. The van der Waals surface area contributed by atoms with Gasteiger partial charge in [0.25, 0.3) is 5.56 Å². The Morgan fingerprint density at radius 1 is 1.71 bits per heavy atom. The smallest absolute Gasteiger partial charge is 0.287 e. The van der Waals surface area contributed by atoms with Gasteiger partial charge >= 0.3 is 0 Å². The molecule has 1 atom stereocenters. The lowest BCUT2D eigenvalue weighted by Gasteiger charge is -2.26. The third-order valence-electron chi connectivity index (χ3n) is 3.23. The number of nitrogens with zero attached hydrogens (tertiary/aromatic N) is 3. The molecule has 0 amide bonds. The second-order valence-corrected chi connectivity index (χ2v) is 4.60. The first-order chi connectivity index (χ1) is 8.15. The van der Waals surface area contributed by atoms with E-state index in [1.54, 1.807) is 6.20 Å². The molecule has 2 heterocycles. The third kappa shape index (κ3) is 2.30. The van der Waals surface area contributed by atoms with E-state index in [4.69, 9.17) is 11.6 Å². The normalized spacial score (nSPS) is 19.6. The van der Waals surface area contributed by atoms with Gasteiger partial charge in [-0.25, -0.2) is 4.68 Å². The van der Waals surface area contributed by atoms with E-state index in [1.807, 2.05) is 18.9 Å². The van der Waals surface area contributed by atoms with E-state index in [1.165, 1.54) is 4.68 Å². The molecule has 2 rings (SSSR count). The molecular formula is C11H17ClN4O. The highest BCUT2D eigenvalue weighted by Crippen LogP contribution is 2.23. The van der Waals surface area contributed by atoms with Crippen molar-refractivity contribution >= 4 is 17.3 Å². The van der Waals surface area contributed by atoms with Crippen LogP contribution in [0, 0.1) is 0 Å². The van der Waals surface area contributed by atoms with Crippen molar-refractivity contribution in [3.63, 3.8) is 0 Å². The summed E-state index contributed by atoms with van der Waals surface area (Å²) in [5, 5.41) is 7.66. The molecule has 1 aliphatic rings. The molecule has 1 fully saturated rings. The molecule has 0 aliphatic carbocycles. The van der Waals surface area contributed by atoms with Gasteiger partial charge in [-0.05, 0) is 19.9 Å². The number of aryl methyl sites for hydroxylation is 1. The van der Waals surface area contributed by atoms with Crippen LogP contribution in [-0.2, 0) is 6.54 Å². The number of hydrogen-bond acceptors (Lipinski definition) is 4.